The highest BCUT2D eigenvalue weighted by Crippen LogP contribution is 2.09. The molecule has 0 saturated carbocycles. The van der Waals surface area contributed by atoms with Gasteiger partial charge in [-0.2, -0.15) is 0 Å². The Labute approximate surface area is 136 Å². The molecule has 2 N–H and O–H groups in total. The highest BCUT2D eigenvalue weighted by Gasteiger charge is 2.14. The molecule has 0 radical (unpaired) electrons. The standard InChI is InChI=1S/C13H19N3OS.2ClH/c17-13(16-11-4-7-14-8-5-11)10-18-9-12-3-1-2-6-15-12;;/h1-3,6,11,14H,4-5,7-10H2,(H,16,17);2*1H. The van der Waals surface area contributed by atoms with Crippen LogP contribution in [-0.4, -0.2) is 35.8 Å². The van der Waals surface area contributed by atoms with Crippen molar-refractivity contribution in [2.45, 2.75) is 24.6 Å². The van der Waals surface area contributed by atoms with Gasteiger partial charge in [0.2, 0.25) is 5.91 Å². The number of amides is 1. The van der Waals surface area contributed by atoms with E-state index in [9.17, 15) is 4.79 Å². The molecule has 0 atom stereocenters. The molecule has 0 spiro atoms. The summed E-state index contributed by atoms with van der Waals surface area (Å²) in [6.07, 6.45) is 3.86. The second-order valence-electron chi connectivity index (χ2n) is 4.41. The summed E-state index contributed by atoms with van der Waals surface area (Å²) in [6.45, 7) is 2.01. The molecule has 1 saturated heterocycles. The van der Waals surface area contributed by atoms with Gasteiger partial charge in [0.05, 0.1) is 11.4 Å². The minimum Gasteiger partial charge on any atom is -0.353 e. The van der Waals surface area contributed by atoms with Gasteiger partial charge in [0, 0.05) is 18.0 Å². The molecule has 7 heteroatoms. The third-order valence-corrected chi connectivity index (χ3v) is 3.88. The molecule has 2 heterocycles. The molecule has 2 rings (SSSR count). The quantitative estimate of drug-likeness (QED) is 0.863. The monoisotopic (exact) mass is 337 g/mol. The highest BCUT2D eigenvalue weighted by atomic mass is 35.5. The normalized spacial score (nSPS) is 14.8. The fourth-order valence-electron chi connectivity index (χ4n) is 1.97. The van der Waals surface area contributed by atoms with Gasteiger partial charge < -0.3 is 10.6 Å². The first-order valence-electron chi connectivity index (χ1n) is 6.32. The Morgan fingerprint density at radius 1 is 1.35 bits per heavy atom. The number of rotatable bonds is 5. The molecule has 1 aliphatic heterocycles. The zero-order valence-electron chi connectivity index (χ0n) is 11.2. The predicted molar refractivity (Wildman–Crippen MR) is 88.9 cm³/mol. The minimum absolute atomic E-state index is 0. The summed E-state index contributed by atoms with van der Waals surface area (Å²) in [4.78, 5) is 16.0. The Hall–Kier alpha value is -0.490. The smallest absolute Gasteiger partial charge is 0.230 e. The summed E-state index contributed by atoms with van der Waals surface area (Å²) >= 11 is 1.61. The molecule has 1 fully saturated rings. The third kappa shape index (κ3) is 7.33. The van der Waals surface area contributed by atoms with Crippen LogP contribution in [0.2, 0.25) is 0 Å². The molecule has 1 amide bonds. The van der Waals surface area contributed by atoms with Gasteiger partial charge in [0.1, 0.15) is 0 Å². The Morgan fingerprint density at radius 3 is 2.75 bits per heavy atom. The Kier molecular flexibility index (Phi) is 10.9. The maximum atomic E-state index is 11.7. The van der Waals surface area contributed by atoms with E-state index >= 15 is 0 Å². The van der Waals surface area contributed by atoms with Crippen LogP contribution in [0.15, 0.2) is 24.4 Å². The van der Waals surface area contributed by atoms with Gasteiger partial charge in [-0.1, -0.05) is 6.07 Å². The average Bonchev–Trinajstić information content (AvgIpc) is 2.41. The van der Waals surface area contributed by atoms with Crippen molar-refractivity contribution < 1.29 is 4.79 Å². The molecular formula is C13H21Cl2N3OS. The maximum Gasteiger partial charge on any atom is 0.230 e. The Bertz CT molecular complexity index is 375. The first kappa shape index (κ1) is 19.5. The molecule has 20 heavy (non-hydrogen) atoms. The summed E-state index contributed by atoms with van der Waals surface area (Å²) in [5, 5.41) is 6.37. The summed E-state index contributed by atoms with van der Waals surface area (Å²) in [6, 6.07) is 6.21. The molecule has 4 nitrogen and oxygen atoms in total. The molecule has 1 aromatic heterocycles. The van der Waals surface area contributed by atoms with E-state index in [2.05, 4.69) is 15.6 Å². The van der Waals surface area contributed by atoms with Gasteiger partial charge >= 0.3 is 0 Å². The van der Waals surface area contributed by atoms with Crippen LogP contribution in [-0.2, 0) is 10.5 Å². The lowest BCUT2D eigenvalue weighted by molar-refractivity contribution is -0.119. The predicted octanol–water partition coefficient (Wildman–Crippen LogP) is 2.03. The van der Waals surface area contributed by atoms with E-state index in [-0.39, 0.29) is 30.7 Å². The van der Waals surface area contributed by atoms with Crippen LogP contribution in [0, 0.1) is 0 Å². The average molecular weight is 338 g/mol. The SMILES string of the molecule is Cl.Cl.O=C(CSCc1ccccn1)NC1CCNCC1. The van der Waals surface area contributed by atoms with E-state index in [1.807, 2.05) is 18.2 Å². The number of hydrogen-bond donors (Lipinski definition) is 2. The lowest BCUT2D eigenvalue weighted by Gasteiger charge is -2.23. The summed E-state index contributed by atoms with van der Waals surface area (Å²) < 4.78 is 0. The van der Waals surface area contributed by atoms with Crippen LogP contribution in [0.3, 0.4) is 0 Å². The number of halogens is 2. The number of carbonyl (C=O) groups excluding carboxylic acids is 1. The second kappa shape index (κ2) is 11.2. The molecule has 0 aliphatic carbocycles. The van der Waals surface area contributed by atoms with Gasteiger partial charge in [-0.25, -0.2) is 0 Å². The summed E-state index contributed by atoms with van der Waals surface area (Å²) in [7, 11) is 0. The lowest BCUT2D eigenvalue weighted by atomic mass is 10.1. The van der Waals surface area contributed by atoms with Crippen molar-refractivity contribution >= 4 is 42.5 Å². The maximum absolute atomic E-state index is 11.7. The number of carbonyl (C=O) groups is 1. The summed E-state index contributed by atoms with van der Waals surface area (Å²) in [5.41, 5.74) is 1.03. The minimum atomic E-state index is 0. The fourth-order valence-corrected chi connectivity index (χ4v) is 2.72. The van der Waals surface area contributed by atoms with Crippen molar-refractivity contribution in [3.8, 4) is 0 Å². The van der Waals surface area contributed by atoms with Gasteiger partial charge in [0.25, 0.3) is 0 Å². The van der Waals surface area contributed by atoms with Crippen LogP contribution < -0.4 is 10.6 Å². The van der Waals surface area contributed by atoms with Crippen molar-refractivity contribution in [2.75, 3.05) is 18.8 Å². The molecule has 1 aliphatic rings. The van der Waals surface area contributed by atoms with Gasteiger partial charge in [-0.15, -0.1) is 36.6 Å². The number of hydrogen-bond acceptors (Lipinski definition) is 4. The number of nitrogens with one attached hydrogen (secondary N) is 2. The largest absolute Gasteiger partial charge is 0.353 e. The molecular weight excluding hydrogens is 317 g/mol. The van der Waals surface area contributed by atoms with Crippen molar-refractivity contribution in [2.24, 2.45) is 0 Å². The van der Waals surface area contributed by atoms with E-state index in [4.69, 9.17) is 0 Å². The van der Waals surface area contributed by atoms with E-state index < -0.39 is 0 Å². The van der Waals surface area contributed by atoms with E-state index in [0.717, 1.165) is 37.4 Å². The molecule has 1 aromatic rings. The van der Waals surface area contributed by atoms with Gasteiger partial charge in [-0.3, -0.25) is 9.78 Å². The van der Waals surface area contributed by atoms with Crippen LogP contribution in [0.1, 0.15) is 18.5 Å². The van der Waals surface area contributed by atoms with E-state index in [1.165, 1.54) is 0 Å². The van der Waals surface area contributed by atoms with Crippen LogP contribution >= 0.6 is 36.6 Å². The van der Waals surface area contributed by atoms with Crippen LogP contribution in [0.25, 0.3) is 0 Å². The van der Waals surface area contributed by atoms with E-state index in [0.29, 0.717) is 11.8 Å². The Balaban J connectivity index is 0.00000180. The number of piperidine rings is 1. The zero-order chi connectivity index (χ0) is 12.6. The first-order chi connectivity index (χ1) is 8.84. The van der Waals surface area contributed by atoms with Gasteiger partial charge in [-0.05, 0) is 38.1 Å². The van der Waals surface area contributed by atoms with Crippen molar-refractivity contribution in [1.82, 2.24) is 15.6 Å². The van der Waals surface area contributed by atoms with Crippen LogP contribution in [0.4, 0.5) is 0 Å². The van der Waals surface area contributed by atoms with Crippen molar-refractivity contribution in [3.05, 3.63) is 30.1 Å². The molecule has 0 aromatic carbocycles. The summed E-state index contributed by atoms with van der Waals surface area (Å²) in [5.74, 6) is 1.45. The molecule has 114 valence electrons. The zero-order valence-corrected chi connectivity index (χ0v) is 13.7. The first-order valence-corrected chi connectivity index (χ1v) is 7.48. The second-order valence-corrected chi connectivity index (χ2v) is 5.39. The lowest BCUT2D eigenvalue weighted by Crippen LogP contribution is -2.43. The van der Waals surface area contributed by atoms with Gasteiger partial charge in [0.15, 0.2) is 0 Å². The molecule has 0 bridgehead atoms. The highest BCUT2D eigenvalue weighted by molar-refractivity contribution is 7.99. The van der Waals surface area contributed by atoms with E-state index in [1.54, 1.807) is 18.0 Å². The van der Waals surface area contributed by atoms with Crippen LogP contribution in [0.5, 0.6) is 0 Å². The Morgan fingerprint density at radius 2 is 2.10 bits per heavy atom. The number of nitrogens with zero attached hydrogens (tertiary/aromatic N) is 1. The number of pyridine rings is 1. The van der Waals surface area contributed by atoms with Crippen molar-refractivity contribution in [3.63, 3.8) is 0 Å². The number of thioether (sulfide) groups is 1. The number of aromatic nitrogens is 1. The topological polar surface area (TPSA) is 54.0 Å². The third-order valence-electron chi connectivity index (χ3n) is 2.91. The fraction of sp³-hybridized carbons (Fsp3) is 0.538. The van der Waals surface area contributed by atoms with Crippen molar-refractivity contribution in [1.29, 1.82) is 0 Å². The molecule has 0 unspecified atom stereocenters.